The topological polar surface area (TPSA) is 38.3 Å². The molecule has 0 unspecified atom stereocenters. The zero-order valence-electron chi connectivity index (χ0n) is 6.72. The van der Waals surface area contributed by atoms with E-state index in [0.717, 1.165) is 0 Å². The molecule has 1 aliphatic carbocycles. The van der Waals surface area contributed by atoms with E-state index in [1.54, 1.807) is 7.11 Å². The first kappa shape index (κ1) is 9.38. The summed E-state index contributed by atoms with van der Waals surface area (Å²) in [6.07, 6.45) is -1.52. The van der Waals surface area contributed by atoms with Crippen molar-refractivity contribution in [2.24, 2.45) is 0 Å². The summed E-state index contributed by atoms with van der Waals surface area (Å²) in [4.78, 5) is 10.4. The zero-order valence-corrected chi connectivity index (χ0v) is 6.72. The first-order valence-corrected chi connectivity index (χ1v) is 3.74. The smallest absolute Gasteiger partial charge is 0.315 e. The van der Waals surface area contributed by atoms with Gasteiger partial charge in [-0.1, -0.05) is 0 Å². The Hall–Kier alpha value is -0.710. The molecule has 70 valence electrons. The highest BCUT2D eigenvalue weighted by Gasteiger charge is 2.31. The van der Waals surface area contributed by atoms with Crippen LogP contribution in [0.15, 0.2) is 0 Å². The van der Waals surface area contributed by atoms with Crippen molar-refractivity contribution in [1.82, 2.24) is 5.32 Å². The van der Waals surface area contributed by atoms with Gasteiger partial charge in [0.1, 0.15) is 0 Å². The number of methoxy groups -OCH3 is 1. The lowest BCUT2D eigenvalue weighted by atomic mass is 9.89. The van der Waals surface area contributed by atoms with Crippen LogP contribution in [-0.2, 0) is 9.53 Å². The summed E-state index contributed by atoms with van der Waals surface area (Å²) < 4.78 is 28.3. The van der Waals surface area contributed by atoms with Crippen molar-refractivity contribution < 1.29 is 18.3 Å². The van der Waals surface area contributed by atoms with Gasteiger partial charge in [0.25, 0.3) is 5.91 Å². The fraction of sp³-hybridized carbons (Fsp3) is 0.857. The van der Waals surface area contributed by atoms with Gasteiger partial charge in [-0.3, -0.25) is 4.79 Å². The molecule has 0 saturated heterocycles. The highest BCUT2D eigenvalue weighted by molar-refractivity contribution is 5.79. The third kappa shape index (κ3) is 2.14. The Balaban J connectivity index is 2.14. The molecule has 1 N–H and O–H groups in total. The molecule has 1 amide bonds. The number of carbonyl (C=O) groups is 1. The molecule has 0 bridgehead atoms. The minimum Gasteiger partial charge on any atom is -0.381 e. The second-order valence-electron chi connectivity index (χ2n) is 2.84. The molecule has 0 spiro atoms. The summed E-state index contributed by atoms with van der Waals surface area (Å²) in [6.45, 7) is 0. The van der Waals surface area contributed by atoms with Crippen molar-refractivity contribution in [3.05, 3.63) is 0 Å². The van der Waals surface area contributed by atoms with Gasteiger partial charge in [0, 0.05) is 13.2 Å². The molecule has 0 heterocycles. The summed E-state index contributed by atoms with van der Waals surface area (Å²) in [5.74, 6) is -1.19. The van der Waals surface area contributed by atoms with Crippen LogP contribution in [0.2, 0.25) is 0 Å². The first-order valence-electron chi connectivity index (χ1n) is 3.74. The van der Waals surface area contributed by atoms with Gasteiger partial charge in [0.2, 0.25) is 0 Å². The molecule has 0 atom stereocenters. The number of carbonyl (C=O) groups excluding carboxylic acids is 1. The number of ether oxygens (including phenoxy) is 1. The van der Waals surface area contributed by atoms with Crippen LogP contribution in [0.3, 0.4) is 0 Å². The highest BCUT2D eigenvalue weighted by atomic mass is 19.3. The van der Waals surface area contributed by atoms with E-state index < -0.39 is 12.3 Å². The van der Waals surface area contributed by atoms with Crippen molar-refractivity contribution in [3.8, 4) is 0 Å². The summed E-state index contributed by atoms with van der Waals surface area (Å²) in [5.41, 5.74) is 0. The average molecular weight is 179 g/mol. The Morgan fingerprint density at radius 2 is 2.17 bits per heavy atom. The maximum Gasteiger partial charge on any atom is 0.315 e. The SMILES string of the molecule is COC1CC(NC(=O)C(F)F)C1. The van der Waals surface area contributed by atoms with Gasteiger partial charge >= 0.3 is 6.43 Å². The number of hydrogen-bond acceptors (Lipinski definition) is 2. The number of hydrogen-bond donors (Lipinski definition) is 1. The van der Waals surface area contributed by atoms with Crippen molar-refractivity contribution in [2.75, 3.05) is 7.11 Å². The standard InChI is InChI=1S/C7H11F2NO2/c1-12-5-2-4(3-5)10-7(11)6(8)9/h4-6H,2-3H2,1H3,(H,10,11). The van der Waals surface area contributed by atoms with Crippen LogP contribution in [0.1, 0.15) is 12.8 Å². The van der Waals surface area contributed by atoms with Crippen LogP contribution in [0.4, 0.5) is 8.78 Å². The third-order valence-corrected chi connectivity index (χ3v) is 1.97. The highest BCUT2D eigenvalue weighted by Crippen LogP contribution is 2.22. The van der Waals surface area contributed by atoms with Crippen LogP contribution in [0.25, 0.3) is 0 Å². The lowest BCUT2D eigenvalue weighted by Crippen LogP contribution is -2.49. The van der Waals surface area contributed by atoms with Gasteiger partial charge in [-0.15, -0.1) is 0 Å². The van der Waals surface area contributed by atoms with Gasteiger partial charge in [-0.2, -0.15) is 8.78 Å². The maximum atomic E-state index is 11.7. The van der Waals surface area contributed by atoms with E-state index >= 15 is 0 Å². The van der Waals surface area contributed by atoms with Gasteiger partial charge < -0.3 is 10.1 Å². The molecule has 12 heavy (non-hydrogen) atoms. The Morgan fingerprint density at radius 1 is 1.58 bits per heavy atom. The van der Waals surface area contributed by atoms with E-state index in [-0.39, 0.29) is 12.1 Å². The molecule has 3 nitrogen and oxygen atoms in total. The van der Waals surface area contributed by atoms with E-state index in [2.05, 4.69) is 5.32 Å². The zero-order chi connectivity index (χ0) is 9.14. The maximum absolute atomic E-state index is 11.7. The molecule has 0 aliphatic heterocycles. The minimum absolute atomic E-state index is 0.118. The third-order valence-electron chi connectivity index (χ3n) is 1.97. The Morgan fingerprint density at radius 3 is 2.58 bits per heavy atom. The average Bonchev–Trinajstić information content (AvgIpc) is 1.94. The molecule has 5 heteroatoms. The Labute approximate surface area is 69.1 Å². The molecule has 1 aliphatic rings. The molecule has 1 rings (SSSR count). The molecule has 0 aromatic carbocycles. The molecular formula is C7H11F2NO2. The van der Waals surface area contributed by atoms with Crippen LogP contribution in [0.5, 0.6) is 0 Å². The molecule has 0 radical (unpaired) electrons. The van der Waals surface area contributed by atoms with E-state index in [1.807, 2.05) is 0 Å². The number of rotatable bonds is 3. The lowest BCUT2D eigenvalue weighted by molar-refractivity contribution is -0.134. The quantitative estimate of drug-likeness (QED) is 0.686. The Bertz CT molecular complexity index is 169. The number of halogens is 2. The monoisotopic (exact) mass is 179 g/mol. The van der Waals surface area contributed by atoms with Gasteiger partial charge in [0.15, 0.2) is 0 Å². The van der Waals surface area contributed by atoms with Crippen molar-refractivity contribution in [1.29, 1.82) is 0 Å². The summed E-state index contributed by atoms with van der Waals surface area (Å²) in [6, 6.07) is -0.128. The summed E-state index contributed by atoms with van der Waals surface area (Å²) in [7, 11) is 1.57. The van der Waals surface area contributed by atoms with Crippen molar-refractivity contribution >= 4 is 5.91 Å². The molecule has 1 fully saturated rings. The largest absolute Gasteiger partial charge is 0.381 e. The fourth-order valence-corrected chi connectivity index (χ4v) is 1.14. The van der Waals surface area contributed by atoms with E-state index in [9.17, 15) is 13.6 Å². The van der Waals surface area contributed by atoms with Crippen molar-refractivity contribution in [2.45, 2.75) is 31.4 Å². The van der Waals surface area contributed by atoms with Crippen LogP contribution in [0, 0.1) is 0 Å². The van der Waals surface area contributed by atoms with E-state index in [1.165, 1.54) is 0 Å². The summed E-state index contributed by atoms with van der Waals surface area (Å²) in [5, 5.41) is 2.21. The van der Waals surface area contributed by atoms with Crippen molar-refractivity contribution in [3.63, 3.8) is 0 Å². The lowest BCUT2D eigenvalue weighted by Gasteiger charge is -2.34. The Kier molecular flexibility index (Phi) is 2.97. The second kappa shape index (κ2) is 3.80. The molecule has 1 saturated carbocycles. The molecule has 0 aromatic heterocycles. The molecule has 0 aromatic rings. The number of alkyl halides is 2. The van der Waals surface area contributed by atoms with E-state index in [4.69, 9.17) is 4.74 Å². The predicted octanol–water partition coefficient (Wildman–Crippen LogP) is 0.545. The summed E-state index contributed by atoms with van der Waals surface area (Å²) >= 11 is 0. The predicted molar refractivity (Wildman–Crippen MR) is 38.0 cm³/mol. The number of amides is 1. The van der Waals surface area contributed by atoms with E-state index in [0.29, 0.717) is 12.8 Å². The normalized spacial score (nSPS) is 28.3. The van der Waals surface area contributed by atoms with Gasteiger partial charge in [-0.05, 0) is 12.8 Å². The van der Waals surface area contributed by atoms with Gasteiger partial charge in [-0.25, -0.2) is 0 Å². The fourth-order valence-electron chi connectivity index (χ4n) is 1.14. The van der Waals surface area contributed by atoms with Crippen LogP contribution < -0.4 is 5.32 Å². The number of nitrogens with one attached hydrogen (secondary N) is 1. The minimum atomic E-state index is -2.91. The second-order valence-corrected chi connectivity index (χ2v) is 2.84. The first-order chi connectivity index (χ1) is 5.63. The van der Waals surface area contributed by atoms with Crippen LogP contribution >= 0.6 is 0 Å². The molecular weight excluding hydrogens is 168 g/mol. The van der Waals surface area contributed by atoms with Crippen LogP contribution in [-0.4, -0.2) is 31.6 Å². The van der Waals surface area contributed by atoms with Gasteiger partial charge in [0.05, 0.1) is 6.10 Å².